The molecule has 141 heavy (non-hydrogen) atoms. The highest BCUT2D eigenvalue weighted by Crippen LogP contribution is 2.48. The summed E-state index contributed by atoms with van der Waals surface area (Å²) in [6.45, 7) is 70.3. The molecule has 0 bridgehead atoms. The van der Waals surface area contributed by atoms with Crippen molar-refractivity contribution in [2.45, 2.75) is 505 Å². The minimum Gasteiger partial charge on any atom is -0.357 e. The van der Waals surface area contributed by atoms with E-state index in [1.54, 1.807) is 33.4 Å². The summed E-state index contributed by atoms with van der Waals surface area (Å²) >= 11 is 0. The average Bonchev–Trinajstić information content (AvgIpc) is 1.32. The zero-order valence-corrected chi connectivity index (χ0v) is 96.9. The van der Waals surface area contributed by atoms with Crippen molar-refractivity contribution in [1.82, 2.24) is 40.3 Å². The summed E-state index contributed by atoms with van der Waals surface area (Å²) < 4.78 is 2.19. The molecule has 7 fully saturated rings. The van der Waals surface area contributed by atoms with Gasteiger partial charge in [-0.3, -0.25) is 4.68 Å². The molecule has 2 N–H and O–H groups in total. The van der Waals surface area contributed by atoms with Crippen LogP contribution in [0.5, 0.6) is 0 Å². The minimum atomic E-state index is 0.514. The highest BCUT2D eigenvalue weighted by atomic mass is 15.3. The quantitative estimate of drug-likeness (QED) is 0.0833. The SMILES string of the molecule is CC(C)C#CC1CCCCC1.CC(C)C1=CCC2(CCCCC2)CC1.CC(C)C1=CCCCC1.CC(C)C1=CCCCC1C.CC(C)C1=CCNC(C(C)C)C1.CC(C)C1=CCNC(C2CCCCC2)C1.CC(C)c1ccc(N2CCCCC2)nc1.CC(C)c1cnc(N2CCCCC2)nc1.CC(C)c1cnn(C2CCCCC2)c1.CC1CCC=C(C(C)C)C1.CC1CCN(c2ccc(C(C)C)cn2)CC1. The first-order chi connectivity index (χ1) is 67.6. The van der Waals surface area contributed by atoms with Gasteiger partial charge in [0.25, 0.3) is 0 Å². The lowest BCUT2D eigenvalue weighted by Crippen LogP contribution is -2.40. The first kappa shape index (κ1) is 122. The summed E-state index contributed by atoms with van der Waals surface area (Å²) in [5.41, 5.74) is 16.1. The van der Waals surface area contributed by atoms with Crippen molar-refractivity contribution in [1.29, 1.82) is 0 Å². The van der Waals surface area contributed by atoms with E-state index in [0.717, 1.165) is 139 Å². The Morgan fingerprint density at radius 2 is 0.823 bits per heavy atom. The average molecular weight is 1940 g/mol. The molecular weight excluding hydrogens is 1720 g/mol. The molecule has 3 saturated heterocycles. The maximum atomic E-state index is 4.57. The molecule has 17 rings (SSSR count). The Labute approximate surface area is 872 Å². The van der Waals surface area contributed by atoms with Gasteiger partial charge in [-0.25, -0.2) is 19.9 Å². The highest BCUT2D eigenvalue weighted by molar-refractivity contribution is 5.41. The fourth-order valence-corrected chi connectivity index (χ4v) is 22.7. The van der Waals surface area contributed by atoms with Gasteiger partial charge in [-0.15, -0.1) is 5.92 Å². The second-order valence-corrected chi connectivity index (χ2v) is 49.3. The summed E-state index contributed by atoms with van der Waals surface area (Å²) in [6.07, 6.45) is 86.4. The Bertz CT molecular complexity index is 4110. The summed E-state index contributed by atoms with van der Waals surface area (Å²) in [4.78, 5) is 25.1. The Morgan fingerprint density at radius 3 is 1.27 bits per heavy atom. The van der Waals surface area contributed by atoms with Gasteiger partial charge in [0.2, 0.25) is 5.95 Å². The van der Waals surface area contributed by atoms with Crippen molar-refractivity contribution >= 4 is 17.6 Å². The van der Waals surface area contributed by atoms with Crippen molar-refractivity contribution in [3.63, 3.8) is 0 Å². The third-order valence-electron chi connectivity index (χ3n) is 33.3. The smallest absolute Gasteiger partial charge is 0.225 e. The van der Waals surface area contributed by atoms with Crippen LogP contribution in [0.4, 0.5) is 17.6 Å². The molecule has 9 heterocycles. The van der Waals surface area contributed by atoms with Gasteiger partial charge in [-0.2, -0.15) is 5.10 Å². The number of hydrogen-bond donors (Lipinski definition) is 2. The van der Waals surface area contributed by atoms with Crippen LogP contribution in [-0.2, 0) is 0 Å². The van der Waals surface area contributed by atoms with Gasteiger partial charge in [0, 0.05) is 107 Å². The van der Waals surface area contributed by atoms with Crippen molar-refractivity contribution in [2.75, 3.05) is 67.1 Å². The molecule has 4 atom stereocenters. The van der Waals surface area contributed by atoms with Gasteiger partial charge in [-0.05, 0) is 328 Å². The van der Waals surface area contributed by atoms with E-state index < -0.39 is 0 Å². The molecule has 0 amide bonds. The molecule has 5 aliphatic heterocycles. The third kappa shape index (κ3) is 46.9. The molecular formula is C130H221N11. The van der Waals surface area contributed by atoms with Crippen LogP contribution in [0.1, 0.15) is 515 Å². The molecule has 1 spiro atoms. The summed E-state index contributed by atoms with van der Waals surface area (Å²) in [7, 11) is 0. The van der Waals surface area contributed by atoms with E-state index in [1.165, 1.54) is 311 Å². The van der Waals surface area contributed by atoms with Gasteiger partial charge in [0.1, 0.15) is 11.6 Å². The lowest BCUT2D eigenvalue weighted by atomic mass is 9.65. The number of nitrogens with zero attached hydrogens (tertiary/aromatic N) is 9. The molecule has 0 aromatic carbocycles. The lowest BCUT2D eigenvalue weighted by molar-refractivity contribution is 0.165. The normalized spacial score (nSPS) is 22.1. The Morgan fingerprint density at radius 1 is 0.348 bits per heavy atom. The van der Waals surface area contributed by atoms with Crippen LogP contribution in [0.15, 0.2) is 131 Å². The zero-order chi connectivity index (χ0) is 103. The van der Waals surface area contributed by atoms with Crippen LogP contribution in [0.25, 0.3) is 0 Å². The van der Waals surface area contributed by atoms with Gasteiger partial charge < -0.3 is 25.3 Å². The van der Waals surface area contributed by atoms with Crippen molar-refractivity contribution in [3.05, 3.63) is 154 Å². The number of anilines is 3. The topological polar surface area (TPSA) is 103 Å². The molecule has 4 aromatic heterocycles. The first-order valence-electron chi connectivity index (χ1n) is 59.7. The third-order valence-corrected chi connectivity index (χ3v) is 33.3. The minimum absolute atomic E-state index is 0.514. The number of aromatic nitrogens is 6. The molecule has 796 valence electrons. The van der Waals surface area contributed by atoms with Crippen molar-refractivity contribution in [2.24, 2.45) is 82.3 Å². The molecule has 11 nitrogen and oxygen atoms in total. The number of allylic oxidation sites excluding steroid dienone is 8. The molecule has 8 aliphatic carbocycles. The number of pyridine rings is 2. The van der Waals surface area contributed by atoms with Gasteiger partial charge in [-0.1, -0.05) is 352 Å². The van der Waals surface area contributed by atoms with Gasteiger partial charge in [0.05, 0.1) is 12.2 Å². The van der Waals surface area contributed by atoms with Gasteiger partial charge >= 0.3 is 0 Å². The van der Waals surface area contributed by atoms with Crippen LogP contribution in [0.3, 0.4) is 0 Å². The van der Waals surface area contributed by atoms with Crippen molar-refractivity contribution < 1.29 is 0 Å². The summed E-state index contributed by atoms with van der Waals surface area (Å²) in [6, 6.07) is 10.9. The van der Waals surface area contributed by atoms with Crippen LogP contribution >= 0.6 is 0 Å². The molecule has 13 aliphatic rings. The Balaban J connectivity index is 0.000000212. The fraction of sp³-hybridized carbons (Fsp3) is 0.762. The second-order valence-electron chi connectivity index (χ2n) is 49.3. The predicted molar refractivity (Wildman–Crippen MR) is 619 cm³/mol. The monoisotopic (exact) mass is 1940 g/mol. The predicted octanol–water partition coefficient (Wildman–Crippen LogP) is 36.7. The van der Waals surface area contributed by atoms with Crippen LogP contribution in [0, 0.1) is 94.2 Å². The van der Waals surface area contributed by atoms with E-state index in [1.807, 2.05) is 31.0 Å². The number of nitrogens with one attached hydrogen (secondary N) is 2. The molecule has 4 saturated carbocycles. The second kappa shape index (κ2) is 67.7. The Hall–Kier alpha value is -6.09. The van der Waals surface area contributed by atoms with E-state index in [0.29, 0.717) is 41.7 Å². The molecule has 11 heteroatoms. The van der Waals surface area contributed by atoms with Crippen LogP contribution in [0.2, 0.25) is 0 Å². The van der Waals surface area contributed by atoms with Crippen LogP contribution in [-0.4, -0.2) is 94.2 Å². The van der Waals surface area contributed by atoms with Crippen molar-refractivity contribution in [3.8, 4) is 11.8 Å². The summed E-state index contributed by atoms with van der Waals surface area (Å²) in [5.74, 6) is 22.4. The number of piperidine rings is 3. The summed E-state index contributed by atoms with van der Waals surface area (Å²) in [5, 5.41) is 11.7. The van der Waals surface area contributed by atoms with E-state index in [2.05, 4.69) is 321 Å². The zero-order valence-electron chi connectivity index (χ0n) is 96.9. The van der Waals surface area contributed by atoms with E-state index in [4.69, 9.17) is 0 Å². The lowest BCUT2D eigenvalue weighted by Gasteiger charge is -2.40. The Kier molecular flexibility index (Phi) is 58.5. The standard InChI is InChI=1S/C14H22N2.C14H25N.C14H24.C13H20N2.C12H19N3.C12H20N2.C11H21N.C11H18.2C10H18.C9H16/c1-11(2)13-4-5-14(15-10-13)16-8-6-12(3)7-9-16;1-11(2)13-8-9-15-14(10-13)12-6-4-3-5-7-12;1-12(2)13-6-10-14(11-7-13)8-4-3-5-9-14;1-11(2)12-6-7-13(14-10-12)15-8-4-3-5-9-15;1-10(2)11-8-13-12(14-9-11)15-6-4-3-5-7-15;1-10(2)11-8-13-14(9-11)12-6-4-3-5-7-12;1-8(2)10-5-6-12-11(7-10)9(3)4;1-10(2)8-9-11-6-4-3-5-7-11;1-8(2)10-6-4-5-9(3)7-10;1-8(2)10-7-5-4-6-9(10)3;1-8(2)9-6-4-3-5-7-9/h4-5,10-12H,6-9H2,1-3H3;8,11-12,14-15H,3-7,9-10H2,1-2H3;6,12H,3-5,7-11H2,1-2H3;6-7,10-11H,3-5,8-9H2,1-2H3;8-10H,3-7H2,1-2H3;8-10,12H,3-7H2,1-2H3;5,8-9,11-12H,6-7H2,1-4H3;10-11H,3-7H2,1-2H3;6,8-9H,4-5,7H2,1-3H3;7-9H,4-6H2,1-3H3;6,8H,3-5,7H2,1-2H3. The molecule has 4 aromatic rings. The number of rotatable bonds is 16. The first-order valence-corrected chi connectivity index (χ1v) is 59.7. The van der Waals surface area contributed by atoms with E-state index in [9.17, 15) is 0 Å². The van der Waals surface area contributed by atoms with Crippen LogP contribution < -0.4 is 25.3 Å². The molecule has 0 radical (unpaired) electrons. The maximum Gasteiger partial charge on any atom is 0.225 e. The molecule has 4 unspecified atom stereocenters. The highest BCUT2D eigenvalue weighted by Gasteiger charge is 2.34. The fourth-order valence-electron chi connectivity index (χ4n) is 22.7. The van der Waals surface area contributed by atoms with Gasteiger partial charge in [0.15, 0.2) is 0 Å². The van der Waals surface area contributed by atoms with E-state index >= 15 is 0 Å². The number of hydrogen-bond acceptors (Lipinski definition) is 10. The van der Waals surface area contributed by atoms with E-state index in [-0.39, 0.29) is 0 Å². The largest absolute Gasteiger partial charge is 0.357 e. The maximum absolute atomic E-state index is 4.57.